The topological polar surface area (TPSA) is 84.9 Å². The first-order valence-electron chi connectivity index (χ1n) is 2.07. The fraction of sp³-hybridized carbons (Fsp3) is 0.333. The van der Waals surface area contributed by atoms with Gasteiger partial charge in [0.2, 0.25) is 5.89 Å². The van der Waals surface area contributed by atoms with Crippen LogP contribution < -0.4 is 11.4 Å². The molecule has 0 spiro atoms. The molecule has 8 heavy (non-hydrogen) atoms. The van der Waals surface area contributed by atoms with Gasteiger partial charge in [0.25, 0.3) is 0 Å². The van der Waals surface area contributed by atoms with Crippen LogP contribution in [0.3, 0.4) is 0 Å². The van der Waals surface area contributed by atoms with Gasteiger partial charge in [0.05, 0.1) is 6.54 Å². The molecule has 44 valence electrons. The molecule has 0 aliphatic carbocycles. The number of H-pyrrole nitrogens is 1. The largest absolute Gasteiger partial charge is 0.377 e. The van der Waals surface area contributed by atoms with Crippen molar-refractivity contribution in [2.24, 2.45) is 5.73 Å². The minimum absolute atomic E-state index is 0.152. The van der Waals surface area contributed by atoms with Gasteiger partial charge >= 0.3 is 5.69 Å². The average Bonchev–Trinajstić information content (AvgIpc) is 2.14. The summed E-state index contributed by atoms with van der Waals surface area (Å²) in [5, 5.41) is 2.00. The van der Waals surface area contributed by atoms with E-state index in [9.17, 15) is 4.79 Å². The van der Waals surface area contributed by atoms with Crippen molar-refractivity contribution in [3.05, 3.63) is 16.4 Å². The number of rotatable bonds is 1. The Balaban J connectivity index is 3.01. The molecule has 0 aliphatic rings. The van der Waals surface area contributed by atoms with Crippen LogP contribution >= 0.6 is 0 Å². The molecule has 1 rings (SSSR count). The second kappa shape index (κ2) is 1.79. The van der Waals surface area contributed by atoms with Crippen molar-refractivity contribution < 1.29 is 4.52 Å². The maximum absolute atomic E-state index is 10.1. The van der Waals surface area contributed by atoms with Crippen molar-refractivity contribution >= 4 is 0 Å². The summed E-state index contributed by atoms with van der Waals surface area (Å²) in [5.41, 5.74) is 4.55. The maximum Gasteiger partial charge on any atom is 0.377 e. The van der Waals surface area contributed by atoms with Gasteiger partial charge in [-0.15, -0.1) is 0 Å². The molecule has 5 nitrogen and oxygen atoms in total. The molecule has 0 radical (unpaired) electrons. The lowest BCUT2D eigenvalue weighted by Crippen LogP contribution is -2.03. The number of nitrogens with two attached hydrogens (primary N) is 1. The second-order valence-corrected chi connectivity index (χ2v) is 1.22. The Kier molecular flexibility index (Phi) is 1.13. The standard InChI is InChI=1S/C3H5N3O2/c4-1-2-5-3(7)6-8-2/h1,4H2,(H,6,7). The third kappa shape index (κ3) is 0.760. The van der Waals surface area contributed by atoms with Gasteiger partial charge in [0.15, 0.2) is 0 Å². The highest BCUT2D eigenvalue weighted by atomic mass is 16.5. The summed E-state index contributed by atoms with van der Waals surface area (Å²) >= 11 is 0. The highest BCUT2D eigenvalue weighted by Gasteiger charge is 1.93. The maximum atomic E-state index is 10.1. The highest BCUT2D eigenvalue weighted by molar-refractivity contribution is 4.70. The van der Waals surface area contributed by atoms with Gasteiger partial charge in [0.1, 0.15) is 0 Å². The lowest BCUT2D eigenvalue weighted by molar-refractivity contribution is 0.375. The number of aromatic amines is 1. The molecule has 0 saturated heterocycles. The van der Waals surface area contributed by atoms with E-state index in [4.69, 9.17) is 5.73 Å². The Morgan fingerprint density at radius 1 is 1.88 bits per heavy atom. The van der Waals surface area contributed by atoms with Crippen LogP contribution in [0.25, 0.3) is 0 Å². The number of hydrogen-bond acceptors (Lipinski definition) is 4. The SMILES string of the molecule is NCc1nc(=O)[nH]o1. The van der Waals surface area contributed by atoms with E-state index in [1.165, 1.54) is 0 Å². The Labute approximate surface area is 44.5 Å². The van der Waals surface area contributed by atoms with Crippen LogP contribution in [0.4, 0.5) is 0 Å². The second-order valence-electron chi connectivity index (χ2n) is 1.22. The van der Waals surface area contributed by atoms with Crippen LogP contribution in [0.2, 0.25) is 0 Å². The van der Waals surface area contributed by atoms with Crippen molar-refractivity contribution in [1.82, 2.24) is 10.1 Å². The van der Waals surface area contributed by atoms with E-state index < -0.39 is 5.69 Å². The van der Waals surface area contributed by atoms with Crippen molar-refractivity contribution in [3.63, 3.8) is 0 Å². The molecule has 0 saturated carbocycles. The summed E-state index contributed by atoms with van der Waals surface area (Å²) in [4.78, 5) is 13.5. The first kappa shape index (κ1) is 5.04. The molecule has 3 N–H and O–H groups in total. The molecule has 1 aromatic rings. The Hall–Kier alpha value is -1.10. The molecular formula is C3H5N3O2. The van der Waals surface area contributed by atoms with E-state index in [1.807, 2.05) is 5.16 Å². The van der Waals surface area contributed by atoms with Gasteiger partial charge in [-0.25, -0.2) is 4.79 Å². The van der Waals surface area contributed by atoms with Gasteiger partial charge in [-0.3, -0.25) is 0 Å². The summed E-state index contributed by atoms with van der Waals surface area (Å²) in [5.74, 6) is 0.231. The van der Waals surface area contributed by atoms with Crippen molar-refractivity contribution in [3.8, 4) is 0 Å². The van der Waals surface area contributed by atoms with Gasteiger partial charge in [-0.2, -0.15) is 10.1 Å². The Bertz CT molecular complexity index is 212. The molecule has 0 fully saturated rings. The summed E-state index contributed by atoms with van der Waals surface area (Å²) in [6.45, 7) is 0.152. The number of nitrogens with zero attached hydrogens (tertiary/aromatic N) is 1. The molecule has 5 heteroatoms. The van der Waals surface area contributed by atoms with E-state index in [1.54, 1.807) is 0 Å². The van der Waals surface area contributed by atoms with Crippen LogP contribution in [0.15, 0.2) is 9.32 Å². The zero-order valence-corrected chi connectivity index (χ0v) is 4.05. The molecule has 0 amide bonds. The molecule has 1 aromatic heterocycles. The van der Waals surface area contributed by atoms with Crippen molar-refractivity contribution in [2.75, 3.05) is 0 Å². The van der Waals surface area contributed by atoms with E-state index in [0.717, 1.165) is 0 Å². The predicted octanol–water partition coefficient (Wildman–Crippen LogP) is -1.18. The molecule has 0 unspecified atom stereocenters. The summed E-state index contributed by atoms with van der Waals surface area (Å²) in [6.07, 6.45) is 0. The number of nitrogens with one attached hydrogen (secondary N) is 1. The highest BCUT2D eigenvalue weighted by Crippen LogP contribution is 1.79. The van der Waals surface area contributed by atoms with Gasteiger partial charge in [-0.1, -0.05) is 0 Å². The monoisotopic (exact) mass is 115 g/mol. The summed E-state index contributed by atoms with van der Waals surface area (Å²) in [7, 11) is 0. The first-order valence-corrected chi connectivity index (χ1v) is 2.07. The van der Waals surface area contributed by atoms with Crippen molar-refractivity contribution in [1.29, 1.82) is 0 Å². The molecule has 0 bridgehead atoms. The minimum atomic E-state index is -0.495. The quantitative estimate of drug-likeness (QED) is 0.482. The van der Waals surface area contributed by atoms with Crippen LogP contribution in [0.1, 0.15) is 5.89 Å². The van der Waals surface area contributed by atoms with E-state index in [2.05, 4.69) is 9.51 Å². The molecule has 1 heterocycles. The zero-order chi connectivity index (χ0) is 5.98. The Morgan fingerprint density at radius 3 is 2.88 bits per heavy atom. The molecule has 0 aromatic carbocycles. The average molecular weight is 115 g/mol. The van der Waals surface area contributed by atoms with Gasteiger partial charge in [-0.05, 0) is 0 Å². The summed E-state index contributed by atoms with van der Waals surface area (Å²) in [6, 6.07) is 0. The normalized spacial score (nSPS) is 9.62. The Morgan fingerprint density at radius 2 is 2.62 bits per heavy atom. The van der Waals surface area contributed by atoms with Crippen LogP contribution in [-0.2, 0) is 6.54 Å². The van der Waals surface area contributed by atoms with Gasteiger partial charge in [0, 0.05) is 0 Å². The number of hydrogen-bond donors (Lipinski definition) is 2. The third-order valence-corrected chi connectivity index (χ3v) is 0.657. The smallest absolute Gasteiger partial charge is 0.361 e. The number of aromatic nitrogens is 2. The van der Waals surface area contributed by atoms with Crippen LogP contribution in [0, 0.1) is 0 Å². The third-order valence-electron chi connectivity index (χ3n) is 0.657. The molecule has 0 aliphatic heterocycles. The van der Waals surface area contributed by atoms with Crippen LogP contribution in [-0.4, -0.2) is 10.1 Å². The molecule has 0 atom stereocenters. The van der Waals surface area contributed by atoms with Crippen LogP contribution in [0.5, 0.6) is 0 Å². The molecular weight excluding hydrogens is 110 g/mol. The fourth-order valence-electron chi connectivity index (χ4n) is 0.349. The zero-order valence-electron chi connectivity index (χ0n) is 4.05. The lowest BCUT2D eigenvalue weighted by atomic mass is 10.7. The summed E-state index contributed by atoms with van der Waals surface area (Å²) < 4.78 is 4.44. The van der Waals surface area contributed by atoms with E-state index in [0.29, 0.717) is 0 Å². The van der Waals surface area contributed by atoms with Crippen molar-refractivity contribution in [2.45, 2.75) is 6.54 Å². The van der Waals surface area contributed by atoms with Gasteiger partial charge < -0.3 is 10.3 Å². The predicted molar refractivity (Wildman–Crippen MR) is 25.0 cm³/mol. The van der Waals surface area contributed by atoms with E-state index >= 15 is 0 Å². The minimum Gasteiger partial charge on any atom is -0.361 e. The lowest BCUT2D eigenvalue weighted by Gasteiger charge is -1.75. The fourth-order valence-corrected chi connectivity index (χ4v) is 0.349. The van der Waals surface area contributed by atoms with E-state index in [-0.39, 0.29) is 12.4 Å². The first-order chi connectivity index (χ1) is 3.83.